The van der Waals surface area contributed by atoms with Crippen molar-refractivity contribution in [1.29, 1.82) is 0 Å². The quantitative estimate of drug-likeness (QED) is 0.610. The number of fused-ring (bicyclic) bond motifs is 1. The summed E-state index contributed by atoms with van der Waals surface area (Å²) in [6, 6.07) is 2.97. The van der Waals surface area contributed by atoms with Crippen LogP contribution >= 0.6 is 23.2 Å². The van der Waals surface area contributed by atoms with Gasteiger partial charge in [0.2, 0.25) is 18.3 Å². The molecule has 0 amide bonds. The van der Waals surface area contributed by atoms with E-state index in [-0.39, 0.29) is 32.3 Å². The number of hydrogen-bond donors (Lipinski definition) is 2. The molecule has 1 aromatic carbocycles. The summed E-state index contributed by atoms with van der Waals surface area (Å²) in [5.41, 5.74) is 0.416. The molecule has 2 heterocycles. The van der Waals surface area contributed by atoms with Gasteiger partial charge in [0.1, 0.15) is 4.90 Å². The van der Waals surface area contributed by atoms with Gasteiger partial charge < -0.3 is 9.72 Å². The van der Waals surface area contributed by atoms with Crippen molar-refractivity contribution in [3.05, 3.63) is 40.1 Å². The number of aromatic amines is 1. The van der Waals surface area contributed by atoms with E-state index < -0.39 is 22.9 Å². The predicted molar refractivity (Wildman–Crippen MR) is 97.4 cm³/mol. The third-order valence-corrected chi connectivity index (χ3v) is 5.79. The number of nitrogens with one attached hydrogen (secondary N) is 2. The van der Waals surface area contributed by atoms with Crippen LogP contribution in [0.3, 0.4) is 0 Å². The first-order valence-corrected chi connectivity index (χ1v) is 9.62. The Kier molecular flexibility index (Phi) is 5.41. The van der Waals surface area contributed by atoms with E-state index >= 15 is 0 Å². The Balaban J connectivity index is 1.97. The molecule has 0 aliphatic heterocycles. The predicted octanol–water partition coefficient (Wildman–Crippen LogP) is 3.88. The maximum Gasteiger partial charge on any atom is 0.266 e. The number of rotatable bonds is 6. The van der Waals surface area contributed by atoms with Gasteiger partial charge in [0.15, 0.2) is 0 Å². The first kappa shape index (κ1) is 19.6. The zero-order valence-corrected chi connectivity index (χ0v) is 16.0. The number of methoxy groups -OCH3 is 1. The van der Waals surface area contributed by atoms with Gasteiger partial charge in [-0.05, 0) is 12.1 Å². The largest absolute Gasteiger partial charge is 0.481 e. The van der Waals surface area contributed by atoms with Gasteiger partial charge in [-0.25, -0.2) is 26.9 Å². The van der Waals surface area contributed by atoms with E-state index in [2.05, 4.69) is 19.7 Å². The highest BCUT2D eigenvalue weighted by molar-refractivity contribution is 7.93. The lowest BCUT2D eigenvalue weighted by atomic mass is 10.2. The zero-order valence-electron chi connectivity index (χ0n) is 13.6. The van der Waals surface area contributed by atoms with Crippen molar-refractivity contribution < 1.29 is 21.9 Å². The minimum Gasteiger partial charge on any atom is -0.481 e. The second-order valence-electron chi connectivity index (χ2n) is 5.37. The third kappa shape index (κ3) is 3.92. The molecule has 0 aliphatic rings. The first-order valence-electron chi connectivity index (χ1n) is 7.39. The van der Waals surface area contributed by atoms with Crippen molar-refractivity contribution >= 4 is 50.1 Å². The maximum absolute atomic E-state index is 12.7. The number of aromatic nitrogens is 3. The van der Waals surface area contributed by atoms with E-state index in [1.54, 1.807) is 0 Å². The van der Waals surface area contributed by atoms with Crippen molar-refractivity contribution in [3.63, 3.8) is 0 Å². The van der Waals surface area contributed by atoms with Crippen molar-refractivity contribution in [2.75, 3.05) is 11.8 Å². The van der Waals surface area contributed by atoms with E-state index in [1.165, 1.54) is 25.4 Å². The molecule has 0 saturated heterocycles. The van der Waals surface area contributed by atoms with E-state index in [9.17, 15) is 17.2 Å². The maximum atomic E-state index is 12.7. The number of ether oxygens (including phenoxy) is 1. The van der Waals surface area contributed by atoms with Crippen LogP contribution in [0.25, 0.3) is 10.9 Å². The molecule has 0 atom stereocenters. The molecule has 7 nitrogen and oxygen atoms in total. The van der Waals surface area contributed by atoms with Crippen LogP contribution in [-0.4, -0.2) is 36.9 Å². The van der Waals surface area contributed by atoms with Crippen LogP contribution in [0.5, 0.6) is 5.88 Å². The lowest BCUT2D eigenvalue weighted by Gasteiger charge is -2.10. The topological polar surface area (TPSA) is 97.0 Å². The fourth-order valence-corrected chi connectivity index (χ4v) is 3.93. The lowest BCUT2D eigenvalue weighted by Crippen LogP contribution is -2.15. The highest BCUT2D eigenvalue weighted by Crippen LogP contribution is 2.33. The second-order valence-corrected chi connectivity index (χ2v) is 7.80. The Morgan fingerprint density at radius 3 is 2.74 bits per heavy atom. The SMILES string of the molecule is COc1nc(NS(=O)(=O)c2c[nH]c3c(Cl)c(Cl)ccc23)ncc1CC(F)F. The first-order chi connectivity index (χ1) is 12.7. The molecule has 0 aliphatic carbocycles. The van der Waals surface area contributed by atoms with E-state index in [4.69, 9.17) is 27.9 Å². The summed E-state index contributed by atoms with van der Waals surface area (Å²) in [7, 11) is -2.86. The summed E-state index contributed by atoms with van der Waals surface area (Å²) in [6.45, 7) is 0. The minimum absolute atomic E-state index is 0.0592. The van der Waals surface area contributed by atoms with E-state index in [1.807, 2.05) is 0 Å². The molecule has 0 radical (unpaired) electrons. The number of H-pyrrole nitrogens is 1. The highest BCUT2D eigenvalue weighted by Gasteiger charge is 2.23. The van der Waals surface area contributed by atoms with E-state index in [0.717, 1.165) is 6.20 Å². The average molecular weight is 437 g/mol. The number of anilines is 1. The molecule has 0 fully saturated rings. The van der Waals surface area contributed by atoms with Gasteiger partial charge in [-0.2, -0.15) is 4.98 Å². The molecule has 0 spiro atoms. The molecule has 3 aromatic rings. The normalized spacial score (nSPS) is 11.9. The van der Waals surface area contributed by atoms with Crippen LogP contribution in [0.4, 0.5) is 14.7 Å². The van der Waals surface area contributed by atoms with Gasteiger partial charge in [-0.3, -0.25) is 0 Å². The number of sulfonamides is 1. The van der Waals surface area contributed by atoms with Crippen molar-refractivity contribution in [3.8, 4) is 5.88 Å². The summed E-state index contributed by atoms with van der Waals surface area (Å²) in [4.78, 5) is 10.3. The minimum atomic E-state index is -4.10. The zero-order chi connectivity index (χ0) is 19.8. The molecule has 12 heteroatoms. The Bertz CT molecular complexity index is 1110. The van der Waals surface area contributed by atoms with Crippen LogP contribution in [0.1, 0.15) is 5.56 Å². The third-order valence-electron chi connectivity index (χ3n) is 3.62. The fraction of sp³-hybridized carbons (Fsp3) is 0.200. The molecular weight excluding hydrogens is 425 g/mol. The number of alkyl halides is 2. The number of halogens is 4. The van der Waals surface area contributed by atoms with Gasteiger partial charge in [-0.1, -0.05) is 23.2 Å². The molecule has 0 unspecified atom stereocenters. The van der Waals surface area contributed by atoms with Gasteiger partial charge in [0.05, 0.1) is 22.7 Å². The summed E-state index contributed by atoms with van der Waals surface area (Å²) < 4.78 is 57.6. The molecule has 0 saturated carbocycles. The van der Waals surface area contributed by atoms with E-state index in [0.29, 0.717) is 10.9 Å². The smallest absolute Gasteiger partial charge is 0.266 e. The number of nitrogens with zero attached hydrogens (tertiary/aromatic N) is 2. The van der Waals surface area contributed by atoms with Crippen LogP contribution in [0.15, 0.2) is 29.4 Å². The second kappa shape index (κ2) is 7.45. The molecule has 2 N–H and O–H groups in total. The van der Waals surface area contributed by atoms with Gasteiger partial charge in [0.25, 0.3) is 10.0 Å². The molecule has 27 heavy (non-hydrogen) atoms. The molecule has 0 bridgehead atoms. The van der Waals surface area contributed by atoms with Crippen LogP contribution in [-0.2, 0) is 16.4 Å². The Morgan fingerprint density at radius 1 is 1.33 bits per heavy atom. The van der Waals surface area contributed by atoms with Gasteiger partial charge in [-0.15, -0.1) is 0 Å². The molecule has 144 valence electrons. The van der Waals surface area contributed by atoms with Gasteiger partial charge >= 0.3 is 0 Å². The number of benzene rings is 1. The molecule has 3 rings (SSSR count). The van der Waals surface area contributed by atoms with Crippen molar-refractivity contribution in [1.82, 2.24) is 15.0 Å². The number of hydrogen-bond acceptors (Lipinski definition) is 5. The fourth-order valence-electron chi connectivity index (χ4n) is 2.43. The van der Waals surface area contributed by atoms with Crippen LogP contribution in [0.2, 0.25) is 10.0 Å². The van der Waals surface area contributed by atoms with Crippen LogP contribution < -0.4 is 9.46 Å². The molecule has 2 aromatic heterocycles. The standard InChI is InChI=1S/C15H12Cl2F2N4O3S/c1-26-14-7(4-11(18)19)5-21-15(22-14)23-27(24,25)10-6-20-13-8(10)2-3-9(16)12(13)17/h2-3,5-6,11,20H,4H2,1H3,(H,21,22,23). The Morgan fingerprint density at radius 2 is 2.07 bits per heavy atom. The summed E-state index contributed by atoms with van der Waals surface area (Å²) >= 11 is 12.0. The molecular formula is C15H12Cl2F2N4O3S. The monoisotopic (exact) mass is 436 g/mol. The summed E-state index contributed by atoms with van der Waals surface area (Å²) in [5.74, 6) is -0.462. The van der Waals surface area contributed by atoms with Crippen LogP contribution in [0, 0.1) is 0 Å². The van der Waals surface area contributed by atoms with Gasteiger partial charge in [0, 0.05) is 29.8 Å². The van der Waals surface area contributed by atoms with Crippen molar-refractivity contribution in [2.45, 2.75) is 17.7 Å². The average Bonchev–Trinajstić information content (AvgIpc) is 3.04. The highest BCUT2D eigenvalue weighted by atomic mass is 35.5. The Labute approximate surface area is 162 Å². The van der Waals surface area contributed by atoms with Crippen molar-refractivity contribution in [2.24, 2.45) is 0 Å². The Hall–Kier alpha value is -2.17. The lowest BCUT2D eigenvalue weighted by molar-refractivity contribution is 0.147. The summed E-state index contributed by atoms with van der Waals surface area (Å²) in [5, 5.41) is 0.772. The summed E-state index contributed by atoms with van der Waals surface area (Å²) in [6.07, 6.45) is -0.898.